The van der Waals surface area contributed by atoms with E-state index in [4.69, 9.17) is 9.47 Å². The number of likely N-dealkylation sites (N-methyl/N-ethyl adjacent to an activating group) is 1. The quantitative estimate of drug-likeness (QED) is 0.381. The van der Waals surface area contributed by atoms with Gasteiger partial charge in [-0.05, 0) is 36.7 Å². The van der Waals surface area contributed by atoms with Gasteiger partial charge in [0.1, 0.15) is 24.7 Å². The van der Waals surface area contributed by atoms with Crippen LogP contribution in [0.5, 0.6) is 11.5 Å². The smallest absolute Gasteiger partial charge is 0.406 e. The molecule has 34 heavy (non-hydrogen) atoms. The third-order valence-corrected chi connectivity index (χ3v) is 5.73. The third kappa shape index (κ3) is 7.25. The maximum Gasteiger partial charge on any atom is 0.406 e. The van der Waals surface area contributed by atoms with Crippen molar-refractivity contribution in [3.8, 4) is 11.5 Å². The number of carbonyl (C=O) groups is 1. The van der Waals surface area contributed by atoms with Gasteiger partial charge in [-0.2, -0.15) is 0 Å². The van der Waals surface area contributed by atoms with E-state index in [-0.39, 0.29) is 6.04 Å². The second-order valence-corrected chi connectivity index (χ2v) is 7.94. The Kier molecular flexibility index (Phi) is 9.80. The average Bonchev–Trinajstić information content (AvgIpc) is 2.89. The lowest BCUT2D eigenvalue weighted by Gasteiger charge is -2.30. The predicted molar refractivity (Wildman–Crippen MR) is 134 cm³/mol. The monoisotopic (exact) mass is 462 g/mol. The van der Waals surface area contributed by atoms with E-state index in [0.29, 0.717) is 26.3 Å². The van der Waals surface area contributed by atoms with Crippen LogP contribution in [0.2, 0.25) is 0 Å². The highest BCUT2D eigenvalue weighted by Gasteiger charge is 2.23. The van der Waals surface area contributed by atoms with Crippen molar-refractivity contribution in [1.29, 1.82) is 0 Å². The van der Waals surface area contributed by atoms with Crippen molar-refractivity contribution in [1.82, 2.24) is 10.2 Å². The summed E-state index contributed by atoms with van der Waals surface area (Å²) in [7, 11) is 1.37. The summed E-state index contributed by atoms with van der Waals surface area (Å²) in [5, 5.41) is 2.76. The number of ether oxygens (including phenoxy) is 3. The van der Waals surface area contributed by atoms with Crippen molar-refractivity contribution in [3.63, 3.8) is 0 Å². The SMILES string of the molecule is CCN(CCNC(=O)OC)C(C)c1c(OCc2ccccc2)cccc1OCc1ccccc1. The molecule has 0 aliphatic heterocycles. The lowest BCUT2D eigenvalue weighted by atomic mass is 10.0. The van der Waals surface area contributed by atoms with Crippen LogP contribution in [0.15, 0.2) is 78.9 Å². The van der Waals surface area contributed by atoms with Gasteiger partial charge in [-0.25, -0.2) is 4.79 Å². The molecule has 0 bridgehead atoms. The minimum Gasteiger partial charge on any atom is -0.488 e. The molecule has 0 aliphatic carbocycles. The summed E-state index contributed by atoms with van der Waals surface area (Å²) >= 11 is 0. The first-order valence-corrected chi connectivity index (χ1v) is 11.6. The number of nitrogens with zero attached hydrogens (tertiary/aromatic N) is 1. The molecule has 1 atom stereocenters. The molecule has 6 heteroatoms. The van der Waals surface area contributed by atoms with E-state index in [2.05, 4.69) is 53.1 Å². The van der Waals surface area contributed by atoms with Crippen LogP contribution >= 0.6 is 0 Å². The Bertz CT molecular complexity index is 950. The van der Waals surface area contributed by atoms with Crippen LogP contribution < -0.4 is 14.8 Å². The number of benzene rings is 3. The highest BCUT2D eigenvalue weighted by Crippen LogP contribution is 2.37. The molecule has 3 aromatic carbocycles. The van der Waals surface area contributed by atoms with Gasteiger partial charge >= 0.3 is 6.09 Å². The Morgan fingerprint density at radius 3 is 1.85 bits per heavy atom. The van der Waals surface area contributed by atoms with Crippen LogP contribution in [0, 0.1) is 0 Å². The summed E-state index contributed by atoms with van der Waals surface area (Å²) in [5.74, 6) is 1.59. The van der Waals surface area contributed by atoms with Gasteiger partial charge in [0.15, 0.2) is 0 Å². The van der Waals surface area contributed by atoms with E-state index in [1.54, 1.807) is 0 Å². The second-order valence-electron chi connectivity index (χ2n) is 7.94. The summed E-state index contributed by atoms with van der Waals surface area (Å²) in [6.07, 6.45) is -0.429. The highest BCUT2D eigenvalue weighted by molar-refractivity contribution is 5.66. The Labute approximate surface area is 202 Å². The maximum absolute atomic E-state index is 11.5. The number of methoxy groups -OCH3 is 1. The van der Waals surface area contributed by atoms with Gasteiger partial charge in [-0.15, -0.1) is 0 Å². The fourth-order valence-electron chi connectivity index (χ4n) is 3.84. The summed E-state index contributed by atoms with van der Waals surface area (Å²) < 4.78 is 17.3. The van der Waals surface area contributed by atoms with Crippen LogP contribution in [0.1, 0.15) is 36.6 Å². The van der Waals surface area contributed by atoms with Gasteiger partial charge in [0.05, 0.1) is 12.7 Å². The maximum atomic E-state index is 11.5. The topological polar surface area (TPSA) is 60.0 Å². The minimum atomic E-state index is -0.429. The molecule has 3 rings (SSSR count). The first-order valence-electron chi connectivity index (χ1n) is 11.6. The Morgan fingerprint density at radius 2 is 1.38 bits per heavy atom. The molecule has 0 saturated heterocycles. The van der Waals surface area contributed by atoms with Crippen molar-refractivity contribution in [2.45, 2.75) is 33.1 Å². The van der Waals surface area contributed by atoms with E-state index >= 15 is 0 Å². The number of carbonyl (C=O) groups excluding carboxylic acids is 1. The van der Waals surface area contributed by atoms with Crippen molar-refractivity contribution in [3.05, 3.63) is 95.6 Å². The lowest BCUT2D eigenvalue weighted by Crippen LogP contribution is -2.36. The highest BCUT2D eigenvalue weighted by atomic mass is 16.5. The molecular formula is C28H34N2O4. The molecule has 0 spiro atoms. The summed E-state index contributed by atoms with van der Waals surface area (Å²) in [4.78, 5) is 13.8. The van der Waals surface area contributed by atoms with Crippen LogP contribution in [0.4, 0.5) is 4.79 Å². The normalized spacial score (nSPS) is 11.6. The first-order chi connectivity index (χ1) is 16.6. The van der Waals surface area contributed by atoms with Gasteiger partial charge in [0.25, 0.3) is 0 Å². The Hall–Kier alpha value is -3.51. The zero-order valence-electron chi connectivity index (χ0n) is 20.2. The number of nitrogens with one attached hydrogen (secondary N) is 1. The van der Waals surface area contributed by atoms with Crippen LogP contribution in [-0.4, -0.2) is 37.7 Å². The van der Waals surface area contributed by atoms with Gasteiger partial charge in [-0.3, -0.25) is 4.90 Å². The minimum absolute atomic E-state index is 0.00203. The number of amides is 1. The van der Waals surface area contributed by atoms with Gasteiger partial charge in [0.2, 0.25) is 0 Å². The first kappa shape index (κ1) is 25.1. The van der Waals surface area contributed by atoms with E-state index in [1.807, 2.05) is 54.6 Å². The molecular weight excluding hydrogens is 428 g/mol. The number of hydrogen-bond donors (Lipinski definition) is 1. The van der Waals surface area contributed by atoms with Crippen molar-refractivity contribution in [2.24, 2.45) is 0 Å². The lowest BCUT2D eigenvalue weighted by molar-refractivity contribution is 0.164. The van der Waals surface area contributed by atoms with Gasteiger partial charge < -0.3 is 19.5 Å². The molecule has 0 aromatic heterocycles. The zero-order valence-corrected chi connectivity index (χ0v) is 20.2. The number of rotatable bonds is 12. The number of hydrogen-bond acceptors (Lipinski definition) is 5. The predicted octanol–water partition coefficient (Wildman–Crippen LogP) is 5.58. The summed E-state index contributed by atoms with van der Waals surface area (Å²) in [6, 6.07) is 26.2. The molecule has 180 valence electrons. The van der Waals surface area contributed by atoms with Crippen LogP contribution in [-0.2, 0) is 18.0 Å². The fourth-order valence-corrected chi connectivity index (χ4v) is 3.84. The molecule has 1 amide bonds. The van der Waals surface area contributed by atoms with E-state index in [9.17, 15) is 4.79 Å². The van der Waals surface area contributed by atoms with Crippen LogP contribution in [0.3, 0.4) is 0 Å². The molecule has 0 aliphatic rings. The Balaban J connectivity index is 1.83. The molecule has 0 fully saturated rings. The molecule has 6 nitrogen and oxygen atoms in total. The van der Waals surface area contributed by atoms with E-state index < -0.39 is 6.09 Å². The van der Waals surface area contributed by atoms with Crippen molar-refractivity contribution in [2.75, 3.05) is 26.7 Å². The molecule has 1 N–H and O–H groups in total. The van der Waals surface area contributed by atoms with Gasteiger partial charge in [0, 0.05) is 19.1 Å². The van der Waals surface area contributed by atoms with Crippen molar-refractivity contribution >= 4 is 6.09 Å². The third-order valence-electron chi connectivity index (χ3n) is 5.73. The molecule has 0 saturated carbocycles. The average molecular weight is 463 g/mol. The van der Waals surface area contributed by atoms with Crippen molar-refractivity contribution < 1.29 is 19.0 Å². The molecule has 0 heterocycles. The Morgan fingerprint density at radius 1 is 0.853 bits per heavy atom. The van der Waals surface area contributed by atoms with E-state index in [1.165, 1.54) is 7.11 Å². The van der Waals surface area contributed by atoms with Gasteiger partial charge in [-0.1, -0.05) is 73.7 Å². The zero-order chi connectivity index (χ0) is 24.2. The van der Waals surface area contributed by atoms with Crippen LogP contribution in [0.25, 0.3) is 0 Å². The summed E-state index contributed by atoms with van der Waals surface area (Å²) in [6.45, 7) is 7.14. The fraction of sp³-hybridized carbons (Fsp3) is 0.321. The summed E-state index contributed by atoms with van der Waals surface area (Å²) in [5.41, 5.74) is 3.20. The molecule has 1 unspecified atom stereocenters. The number of alkyl carbamates (subject to hydrolysis) is 1. The largest absolute Gasteiger partial charge is 0.488 e. The van der Waals surface area contributed by atoms with E-state index in [0.717, 1.165) is 34.7 Å². The standard InChI is InChI=1S/C28H34N2O4/c1-4-30(19-18-29-28(31)32-3)22(2)27-25(33-20-23-12-7-5-8-13-23)16-11-17-26(27)34-21-24-14-9-6-10-15-24/h5-17,22H,4,18-21H2,1-3H3,(H,29,31). The molecule has 3 aromatic rings. The second kappa shape index (κ2) is 13.3. The molecule has 0 radical (unpaired) electrons.